The van der Waals surface area contributed by atoms with E-state index in [1.807, 2.05) is 0 Å². The summed E-state index contributed by atoms with van der Waals surface area (Å²) in [6.45, 7) is 8.28. The number of carbonyl (C=O) groups is 18. The lowest BCUT2D eigenvalue weighted by molar-refractivity contribution is -0.142. The molecule has 46 nitrogen and oxygen atoms in total. The zero-order chi connectivity index (χ0) is 94.6. The maximum atomic E-state index is 15.1. The highest BCUT2D eigenvalue weighted by molar-refractivity contribution is 8.76. The maximum absolute atomic E-state index is 15.1. The van der Waals surface area contributed by atoms with E-state index in [2.05, 4.69) is 90.4 Å². The van der Waals surface area contributed by atoms with E-state index >= 15 is 9.59 Å². The van der Waals surface area contributed by atoms with Crippen LogP contribution in [0.15, 0.2) is 54.6 Å². The number of phenolic OH excluding ortho intramolecular Hbond substituents is 1. The third kappa shape index (κ3) is 40.2. The number of nitrogens with two attached hydrogens (primary N) is 4. The van der Waals surface area contributed by atoms with Gasteiger partial charge in [-0.25, -0.2) is 4.79 Å². The molecule has 700 valence electrons. The second kappa shape index (κ2) is 55.9. The molecule has 1 saturated heterocycles. The van der Waals surface area contributed by atoms with Crippen molar-refractivity contribution >= 4 is 140 Å². The van der Waals surface area contributed by atoms with Gasteiger partial charge < -0.3 is 139 Å². The Kier molecular flexibility index (Phi) is 47.9. The van der Waals surface area contributed by atoms with E-state index in [-0.39, 0.29) is 69.7 Å². The number of nitrogens with one attached hydrogen (secondary N) is 19. The number of carboxylic acids is 2. The predicted molar refractivity (Wildman–Crippen MR) is 460 cm³/mol. The molecular weight excluding hydrogens is 1690 g/mol. The summed E-state index contributed by atoms with van der Waals surface area (Å²) in [6.07, 6.45) is -3.08. The minimum atomic E-state index is -1.96. The lowest BCUT2D eigenvalue weighted by Crippen LogP contribution is -2.62. The maximum Gasteiger partial charge on any atom is 0.326 e. The highest BCUT2D eigenvalue weighted by Crippen LogP contribution is 2.25. The summed E-state index contributed by atoms with van der Waals surface area (Å²) >= 11 is 0. The van der Waals surface area contributed by atoms with Gasteiger partial charge in [-0.2, -0.15) is 0 Å². The summed E-state index contributed by atoms with van der Waals surface area (Å²) < 4.78 is 0. The first-order chi connectivity index (χ1) is 59.4. The van der Waals surface area contributed by atoms with Gasteiger partial charge in [0.15, 0.2) is 11.9 Å². The van der Waals surface area contributed by atoms with Crippen LogP contribution in [0.4, 0.5) is 0 Å². The minimum absolute atomic E-state index is 0.0164. The number of aliphatic carboxylic acids is 2. The Morgan fingerprint density at radius 2 is 1.06 bits per heavy atom. The Morgan fingerprint density at radius 3 is 1.64 bits per heavy atom. The van der Waals surface area contributed by atoms with Crippen molar-refractivity contribution in [2.75, 3.05) is 50.9 Å². The largest absolute Gasteiger partial charge is 0.508 e. The lowest BCUT2D eigenvalue weighted by atomic mass is 9.95. The third-order valence-electron chi connectivity index (χ3n) is 19.4. The number of rotatable bonds is 43. The van der Waals surface area contributed by atoms with Crippen molar-refractivity contribution in [1.82, 2.24) is 90.4 Å². The number of phenols is 1. The lowest BCUT2D eigenvalue weighted by Gasteiger charge is -2.31. The summed E-state index contributed by atoms with van der Waals surface area (Å²) in [4.78, 5) is 251. The van der Waals surface area contributed by atoms with E-state index in [1.165, 1.54) is 39.8 Å². The zero-order valence-corrected chi connectivity index (χ0v) is 73.1. The van der Waals surface area contributed by atoms with Crippen molar-refractivity contribution in [3.05, 3.63) is 65.7 Å². The first-order valence-electron chi connectivity index (χ1n) is 40.8. The van der Waals surface area contributed by atoms with Crippen LogP contribution < -0.4 is 113 Å². The minimum Gasteiger partial charge on any atom is -0.508 e. The molecule has 2 aromatic carbocycles. The van der Waals surface area contributed by atoms with E-state index in [9.17, 15) is 102 Å². The zero-order valence-electron chi connectivity index (χ0n) is 71.4. The van der Waals surface area contributed by atoms with E-state index in [0.29, 0.717) is 32.7 Å². The summed E-state index contributed by atoms with van der Waals surface area (Å²) in [6, 6.07) is -9.07. The van der Waals surface area contributed by atoms with Crippen molar-refractivity contribution in [3.8, 4) is 5.75 Å². The van der Waals surface area contributed by atoms with Gasteiger partial charge in [-0.15, -0.1) is 0 Å². The second-order valence-electron chi connectivity index (χ2n) is 31.0. The number of primary amides is 1. The SMILES string of the molecule is CC[C@H](C)[C@H](NC(=O)[C@H](CCCNC(=N)N)NC(=O)[C@H](CC(C)C)NC(=O)[C@@H](N)Cc1ccc(O)cc1)C(=O)N[C@H](C(=O)N[C@@H](CCC(N)=O)C(=O)NC1CSSCC(C(=O)NCC(=O)N[C@@H](Cc2ccccc2)C(=O)O)NC(=O)[C@H](CO)NC(=O)CNC(=O)[C@H](CCC(=O)O)NC(=O)[C@H](C(C)C)NC(=O)C(CO)NC(=O)[C@H](CCCNC(=N)N)NC1=O)C(C)C. The van der Waals surface area contributed by atoms with E-state index in [1.54, 1.807) is 70.2 Å². The number of hydrogen-bond donors (Lipinski definition) is 28. The molecule has 3 rings (SSSR count). The van der Waals surface area contributed by atoms with Gasteiger partial charge in [0.25, 0.3) is 0 Å². The molecule has 0 saturated carbocycles. The normalized spacial score (nSPS) is 19.7. The van der Waals surface area contributed by atoms with Crippen LogP contribution in [0.3, 0.4) is 0 Å². The number of benzene rings is 2. The van der Waals surface area contributed by atoms with Crippen LogP contribution in [-0.4, -0.2) is 279 Å². The number of aromatic hydroxyl groups is 1. The third-order valence-corrected chi connectivity index (χ3v) is 21.8. The second-order valence-corrected chi connectivity index (χ2v) is 33.5. The molecule has 2 aromatic rings. The standard InChI is InChI=1S/C78H123N23O23S2/c1-9-41(8)62(101-68(115)47(18-14-28-86-78(83)84)91-69(116)50(29-38(2)3)95-63(110)45(79)30-43-19-21-44(104)22-20-43)75(122)100-61(40(6)7)74(121)94-49(23-25-56(80)105)67(114)98-55-37-126-125-36-54(65(112)88-32-57(106)89-51(76(123)124)31-42-15-11-10-12-16-42)97-70(117)52(34-102)90-58(107)33-87-64(111)48(24-26-59(108)109)93-73(120)60(39(4)5)99-71(118)53(35-103)96-66(113)46(92-72(55)119)17-13-27-85-77(81)82/h10-12,15-16,19-22,38-41,45-55,60-62,102-104H,9,13-14,17-18,23-37,79H2,1-8H3,(H2,80,105)(H,87,111)(H,88,112)(H,89,106)(H,90,107)(H,91,116)(H,92,119)(H,93,120)(H,94,121)(H,95,110)(H,96,113)(H,97,117)(H,98,114)(H,99,118)(H,100,122)(H,101,115)(H,108,109)(H,123,124)(H4,81,82,85)(H4,83,84,86)/t41-,45-,46-,47-,48-,49-,50-,51-,52-,53?,54?,55?,60-,61-,62-/m0/s1. The molecule has 0 spiro atoms. The van der Waals surface area contributed by atoms with Crippen LogP contribution >= 0.6 is 21.6 Å². The van der Waals surface area contributed by atoms with Crippen molar-refractivity contribution in [1.29, 1.82) is 10.8 Å². The first kappa shape index (κ1) is 108. The Hall–Kier alpha value is -12.2. The van der Waals surface area contributed by atoms with Crippen LogP contribution in [0, 0.1) is 34.5 Å². The number of carboxylic acid groups (broad SMARTS) is 2. The van der Waals surface area contributed by atoms with Crippen LogP contribution in [0.2, 0.25) is 0 Å². The fourth-order valence-electron chi connectivity index (χ4n) is 12.2. The monoisotopic (exact) mass is 1810 g/mol. The Morgan fingerprint density at radius 1 is 0.532 bits per heavy atom. The van der Waals surface area contributed by atoms with E-state index in [4.69, 9.17) is 33.8 Å². The summed E-state index contributed by atoms with van der Waals surface area (Å²) in [5.74, 6) is -25.2. The molecule has 126 heavy (non-hydrogen) atoms. The summed E-state index contributed by atoms with van der Waals surface area (Å²) in [5.41, 5.74) is 24.1. The van der Waals surface area contributed by atoms with Crippen LogP contribution in [0.5, 0.6) is 5.75 Å². The van der Waals surface area contributed by atoms with Gasteiger partial charge >= 0.3 is 11.9 Å². The molecule has 1 heterocycles. The predicted octanol–water partition coefficient (Wildman–Crippen LogP) is -7.44. The summed E-state index contributed by atoms with van der Waals surface area (Å²) in [7, 11) is 1.34. The van der Waals surface area contributed by atoms with Gasteiger partial charge in [-0.3, -0.25) is 92.3 Å². The Balaban J connectivity index is 2.22. The quantitative estimate of drug-likeness (QED) is 0.0127. The van der Waals surface area contributed by atoms with Crippen molar-refractivity contribution in [2.45, 2.75) is 217 Å². The molecule has 16 amide bonds. The molecule has 0 aliphatic carbocycles. The van der Waals surface area contributed by atoms with E-state index in [0.717, 1.165) is 0 Å². The molecule has 1 fully saturated rings. The van der Waals surface area contributed by atoms with Gasteiger partial charge in [0.05, 0.1) is 32.3 Å². The molecule has 32 N–H and O–H groups in total. The van der Waals surface area contributed by atoms with Crippen LogP contribution in [0.1, 0.15) is 131 Å². The first-order valence-corrected chi connectivity index (χ1v) is 43.3. The molecular formula is C78H123N23O23S2. The highest BCUT2D eigenvalue weighted by atomic mass is 33.1. The summed E-state index contributed by atoms with van der Waals surface area (Å²) in [5, 5.41) is 107. The molecule has 1 aliphatic heterocycles. The molecule has 0 radical (unpaired) electrons. The molecule has 15 atom stereocenters. The molecule has 3 unspecified atom stereocenters. The smallest absolute Gasteiger partial charge is 0.326 e. The fraction of sp³-hybridized carbons (Fsp3) is 0.590. The average molecular weight is 1820 g/mol. The number of carbonyl (C=O) groups excluding carboxylic acids is 16. The van der Waals surface area contributed by atoms with Gasteiger partial charge in [0.2, 0.25) is 94.5 Å². The molecule has 0 bridgehead atoms. The number of hydrogen-bond acceptors (Lipinski definition) is 26. The van der Waals surface area contributed by atoms with Crippen molar-refractivity contribution in [3.63, 3.8) is 0 Å². The van der Waals surface area contributed by atoms with Crippen LogP contribution in [0.25, 0.3) is 0 Å². The molecule has 1 aliphatic rings. The highest BCUT2D eigenvalue weighted by Gasteiger charge is 2.40. The van der Waals surface area contributed by atoms with Gasteiger partial charge in [0.1, 0.15) is 84.3 Å². The average Bonchev–Trinajstić information content (AvgIpc) is 0.834. The molecule has 48 heteroatoms. The Bertz CT molecular complexity index is 4080. The topological polar surface area (TPSA) is 765 Å². The Labute approximate surface area is 735 Å². The van der Waals surface area contributed by atoms with Crippen LogP contribution in [-0.2, 0) is 99.1 Å². The van der Waals surface area contributed by atoms with Gasteiger partial charge in [-0.1, -0.05) is 126 Å². The van der Waals surface area contributed by atoms with Gasteiger partial charge in [0, 0.05) is 43.9 Å². The molecule has 0 aromatic heterocycles. The number of amides is 16. The van der Waals surface area contributed by atoms with Crippen molar-refractivity contribution < 1.29 is 112 Å². The van der Waals surface area contributed by atoms with Crippen molar-refractivity contribution in [2.24, 2.45) is 46.6 Å². The van der Waals surface area contributed by atoms with E-state index < -0.39 is 291 Å². The van der Waals surface area contributed by atoms with Gasteiger partial charge in [-0.05, 0) is 98.3 Å². The fourth-order valence-corrected chi connectivity index (χ4v) is 14.5. The number of guanidine groups is 2. The number of aliphatic hydroxyl groups is 2. The number of aliphatic hydroxyl groups excluding tert-OH is 2.